The average Bonchev–Trinajstić information content (AvgIpc) is 2.98. The Morgan fingerprint density at radius 2 is 1.81 bits per heavy atom. The molecule has 1 saturated heterocycles. The minimum Gasteiger partial charge on any atom is -0.496 e. The number of hydrogen-bond acceptors (Lipinski definition) is 4. The summed E-state index contributed by atoms with van der Waals surface area (Å²) < 4.78 is 5.31. The lowest BCUT2D eigenvalue weighted by Crippen LogP contribution is -2.43. The molecule has 2 aromatic rings. The number of urea groups is 1. The van der Waals surface area contributed by atoms with Crippen LogP contribution in [0.1, 0.15) is 43.4 Å². The zero-order valence-corrected chi connectivity index (χ0v) is 18.4. The minimum atomic E-state index is -1.19. The Morgan fingerprint density at radius 1 is 1.13 bits per heavy atom. The van der Waals surface area contributed by atoms with Crippen LogP contribution in [-0.2, 0) is 21.5 Å². The van der Waals surface area contributed by atoms with E-state index in [-0.39, 0.29) is 6.54 Å². The topological polar surface area (TPSA) is 87.7 Å². The molecule has 1 fully saturated rings. The number of amides is 4. The number of imide groups is 1. The summed E-state index contributed by atoms with van der Waals surface area (Å²) in [6, 6.07) is 14.6. The van der Waals surface area contributed by atoms with Gasteiger partial charge in [-0.1, -0.05) is 56.3 Å². The van der Waals surface area contributed by atoms with Crippen LogP contribution in [0.25, 0.3) is 0 Å². The molecule has 7 nitrogen and oxygen atoms in total. The van der Waals surface area contributed by atoms with Crippen molar-refractivity contribution in [3.8, 4) is 5.75 Å². The smallest absolute Gasteiger partial charge is 0.325 e. The second-order valence-electron chi connectivity index (χ2n) is 8.13. The van der Waals surface area contributed by atoms with E-state index in [1.54, 1.807) is 14.0 Å². The van der Waals surface area contributed by atoms with Crippen molar-refractivity contribution in [1.82, 2.24) is 15.5 Å². The highest BCUT2D eigenvalue weighted by Gasteiger charge is 2.49. The number of rotatable bonds is 8. The number of nitrogens with zero attached hydrogens (tertiary/aromatic N) is 1. The van der Waals surface area contributed by atoms with Crippen molar-refractivity contribution in [3.05, 3.63) is 65.2 Å². The summed E-state index contributed by atoms with van der Waals surface area (Å²) >= 11 is 0. The summed E-state index contributed by atoms with van der Waals surface area (Å²) in [6.07, 6.45) is 0.579. The number of nitrogens with one attached hydrogen (secondary N) is 2. The van der Waals surface area contributed by atoms with Crippen LogP contribution in [0, 0.1) is 0 Å². The van der Waals surface area contributed by atoms with Gasteiger partial charge in [-0.3, -0.25) is 14.5 Å². The molecule has 7 heteroatoms. The van der Waals surface area contributed by atoms with Crippen molar-refractivity contribution in [2.24, 2.45) is 0 Å². The maximum atomic E-state index is 13.0. The Kier molecular flexibility index (Phi) is 6.63. The number of benzene rings is 2. The van der Waals surface area contributed by atoms with Gasteiger partial charge in [0, 0.05) is 6.54 Å². The maximum Gasteiger partial charge on any atom is 0.325 e. The summed E-state index contributed by atoms with van der Waals surface area (Å²) in [7, 11) is 1.60. The summed E-state index contributed by atoms with van der Waals surface area (Å²) in [5.41, 5.74) is 1.62. The molecule has 0 bridgehead atoms. The molecule has 1 heterocycles. The van der Waals surface area contributed by atoms with Crippen molar-refractivity contribution < 1.29 is 19.1 Å². The van der Waals surface area contributed by atoms with Crippen LogP contribution >= 0.6 is 0 Å². The third kappa shape index (κ3) is 4.71. The van der Waals surface area contributed by atoms with E-state index in [4.69, 9.17) is 4.74 Å². The monoisotopic (exact) mass is 423 g/mol. The van der Waals surface area contributed by atoms with E-state index < -0.39 is 23.4 Å². The van der Waals surface area contributed by atoms with Gasteiger partial charge in [0.15, 0.2) is 0 Å². The van der Waals surface area contributed by atoms with Gasteiger partial charge >= 0.3 is 6.03 Å². The van der Waals surface area contributed by atoms with Crippen molar-refractivity contribution in [2.75, 3.05) is 20.2 Å². The first-order chi connectivity index (χ1) is 14.8. The number of carbonyl (C=O) groups excluding carboxylic acids is 3. The van der Waals surface area contributed by atoms with Crippen molar-refractivity contribution in [3.63, 3.8) is 0 Å². The second-order valence-corrected chi connectivity index (χ2v) is 8.13. The molecule has 3 rings (SSSR count). The fourth-order valence-electron chi connectivity index (χ4n) is 3.68. The van der Waals surface area contributed by atoms with Gasteiger partial charge in [0.2, 0.25) is 5.91 Å². The van der Waals surface area contributed by atoms with E-state index in [2.05, 4.69) is 24.5 Å². The summed E-state index contributed by atoms with van der Waals surface area (Å²) in [5, 5.41) is 5.51. The number of ether oxygens (including phenoxy) is 1. The van der Waals surface area contributed by atoms with Crippen LogP contribution in [0.4, 0.5) is 4.79 Å². The summed E-state index contributed by atoms with van der Waals surface area (Å²) in [4.78, 5) is 38.8. The predicted octanol–water partition coefficient (Wildman–Crippen LogP) is 2.94. The van der Waals surface area contributed by atoms with Gasteiger partial charge < -0.3 is 15.4 Å². The number of hydrogen-bond donors (Lipinski definition) is 2. The molecule has 31 heavy (non-hydrogen) atoms. The Bertz CT molecular complexity index is 971. The first-order valence-corrected chi connectivity index (χ1v) is 10.4. The fraction of sp³-hybridized carbons (Fsp3) is 0.375. The molecule has 0 aromatic heterocycles. The highest BCUT2D eigenvalue weighted by molar-refractivity contribution is 6.09. The van der Waals surface area contributed by atoms with E-state index in [9.17, 15) is 14.4 Å². The zero-order chi connectivity index (χ0) is 22.6. The van der Waals surface area contributed by atoms with Crippen molar-refractivity contribution in [1.29, 1.82) is 0 Å². The minimum absolute atomic E-state index is 0.323. The SMILES string of the molecule is COc1ccccc1CCNC(=O)CN1C(=O)N[C@@](C)(c2ccc(C(C)C)cc2)C1=O. The molecular weight excluding hydrogens is 394 g/mol. The molecule has 0 radical (unpaired) electrons. The quantitative estimate of drug-likeness (QED) is 0.639. The number of para-hydroxylation sites is 1. The maximum absolute atomic E-state index is 13.0. The van der Waals surface area contributed by atoms with Crippen LogP contribution in [0.3, 0.4) is 0 Å². The fourth-order valence-corrected chi connectivity index (χ4v) is 3.68. The van der Waals surface area contributed by atoms with Crippen LogP contribution < -0.4 is 15.4 Å². The number of methoxy groups -OCH3 is 1. The average molecular weight is 424 g/mol. The van der Waals surface area contributed by atoms with Crippen molar-refractivity contribution >= 4 is 17.8 Å². The molecule has 164 valence electrons. The third-order valence-corrected chi connectivity index (χ3v) is 5.64. The zero-order valence-electron chi connectivity index (χ0n) is 18.4. The Morgan fingerprint density at radius 3 is 2.45 bits per heavy atom. The van der Waals surface area contributed by atoms with Crippen LogP contribution in [0.5, 0.6) is 5.75 Å². The molecule has 0 unspecified atom stereocenters. The normalized spacial score (nSPS) is 18.3. The molecule has 0 aliphatic carbocycles. The number of carbonyl (C=O) groups is 3. The van der Waals surface area contributed by atoms with Gasteiger partial charge in [0.1, 0.15) is 17.8 Å². The van der Waals surface area contributed by atoms with Gasteiger partial charge in [-0.25, -0.2) is 4.79 Å². The van der Waals surface area contributed by atoms with Crippen LogP contribution in [0.15, 0.2) is 48.5 Å². The molecule has 2 N–H and O–H groups in total. The lowest BCUT2D eigenvalue weighted by atomic mass is 9.90. The molecule has 0 saturated carbocycles. The van der Waals surface area contributed by atoms with Gasteiger partial charge in [0.05, 0.1) is 7.11 Å². The lowest BCUT2D eigenvalue weighted by Gasteiger charge is -2.22. The van der Waals surface area contributed by atoms with Gasteiger partial charge in [-0.15, -0.1) is 0 Å². The highest BCUT2D eigenvalue weighted by atomic mass is 16.5. The largest absolute Gasteiger partial charge is 0.496 e. The molecule has 4 amide bonds. The Hall–Kier alpha value is -3.35. The van der Waals surface area contributed by atoms with Crippen LogP contribution in [-0.4, -0.2) is 42.9 Å². The highest BCUT2D eigenvalue weighted by Crippen LogP contribution is 2.29. The van der Waals surface area contributed by atoms with E-state index in [1.807, 2.05) is 48.5 Å². The standard InChI is InChI=1S/C24H29N3O4/c1-16(2)17-9-11-19(12-10-17)24(3)22(29)27(23(30)26-24)15-21(28)25-14-13-18-7-5-6-8-20(18)31-4/h5-12,16H,13-15H2,1-4H3,(H,25,28)(H,26,30)/t24-/m0/s1. The molecular formula is C24H29N3O4. The Labute approximate surface area is 182 Å². The summed E-state index contributed by atoms with van der Waals surface area (Å²) in [6.45, 7) is 5.89. The second kappa shape index (κ2) is 9.20. The summed E-state index contributed by atoms with van der Waals surface area (Å²) in [5.74, 6) is 0.296. The molecule has 0 spiro atoms. The van der Waals surface area contributed by atoms with Gasteiger partial charge in [-0.2, -0.15) is 0 Å². The molecule has 2 aromatic carbocycles. The van der Waals surface area contributed by atoms with E-state index in [0.29, 0.717) is 24.4 Å². The van der Waals surface area contributed by atoms with Crippen LogP contribution in [0.2, 0.25) is 0 Å². The molecule has 1 aliphatic heterocycles. The first-order valence-electron chi connectivity index (χ1n) is 10.4. The van der Waals surface area contributed by atoms with E-state index in [1.165, 1.54) is 0 Å². The van der Waals surface area contributed by atoms with E-state index in [0.717, 1.165) is 21.8 Å². The molecule has 1 aliphatic rings. The van der Waals surface area contributed by atoms with Gasteiger partial charge in [0.25, 0.3) is 5.91 Å². The molecule has 1 atom stereocenters. The van der Waals surface area contributed by atoms with E-state index >= 15 is 0 Å². The van der Waals surface area contributed by atoms with Gasteiger partial charge in [-0.05, 0) is 42.0 Å². The first kappa shape index (κ1) is 22.3. The Balaban J connectivity index is 1.61. The third-order valence-electron chi connectivity index (χ3n) is 5.64. The predicted molar refractivity (Wildman–Crippen MR) is 118 cm³/mol. The lowest BCUT2D eigenvalue weighted by molar-refractivity contribution is -0.134. The van der Waals surface area contributed by atoms with Crippen molar-refractivity contribution in [2.45, 2.75) is 38.6 Å².